The van der Waals surface area contributed by atoms with Crippen LogP contribution in [-0.4, -0.2) is 19.2 Å². The fraction of sp³-hybridized carbons (Fsp3) is 0.533. The Morgan fingerprint density at radius 2 is 1.95 bits per heavy atom. The van der Waals surface area contributed by atoms with E-state index in [1.807, 2.05) is 0 Å². The highest BCUT2D eigenvalue weighted by atomic mass is 16.7. The second-order valence-electron chi connectivity index (χ2n) is 6.27. The maximum atomic E-state index is 12.2. The molecule has 1 aromatic carbocycles. The average Bonchev–Trinajstić information content (AvgIpc) is 2.80. The number of benzene rings is 1. The zero-order valence-electron chi connectivity index (χ0n) is 12.4. The van der Waals surface area contributed by atoms with Crippen LogP contribution in [0, 0.1) is 11.3 Å². The Bertz CT molecular complexity index is 521. The Labute approximate surface area is 119 Å². The number of rotatable bonds is 3. The van der Waals surface area contributed by atoms with E-state index in [9.17, 15) is 4.79 Å². The Kier molecular flexibility index (Phi) is 3.79. The Balaban J connectivity index is 2.07. The lowest BCUT2D eigenvalue weighted by molar-refractivity contribution is 0.0937. The molecule has 1 aromatic rings. The minimum absolute atomic E-state index is 0.147. The van der Waals surface area contributed by atoms with Crippen LogP contribution in [0.15, 0.2) is 12.1 Å². The second kappa shape index (κ2) is 5.23. The van der Waals surface area contributed by atoms with Crippen LogP contribution in [0.25, 0.3) is 0 Å². The lowest BCUT2D eigenvalue weighted by atomic mass is 9.82. The van der Waals surface area contributed by atoms with Crippen molar-refractivity contribution in [3.8, 4) is 11.5 Å². The lowest BCUT2D eigenvalue weighted by Gasteiger charge is -2.27. The van der Waals surface area contributed by atoms with E-state index < -0.39 is 0 Å². The fourth-order valence-corrected chi connectivity index (χ4v) is 1.80. The number of nitrogens with two attached hydrogens (primary N) is 1. The number of nitrogen functional groups attached to an aromatic ring is 1. The first kappa shape index (κ1) is 14.5. The van der Waals surface area contributed by atoms with Crippen LogP contribution in [0.4, 0.5) is 5.69 Å². The van der Waals surface area contributed by atoms with Gasteiger partial charge in [-0.1, -0.05) is 27.7 Å². The normalized spacial score (nSPS) is 15.0. The summed E-state index contributed by atoms with van der Waals surface area (Å²) in [5, 5.41) is 2.92. The molecular formula is C15H22N2O3. The summed E-state index contributed by atoms with van der Waals surface area (Å²) in [7, 11) is 0. The van der Waals surface area contributed by atoms with Crippen LogP contribution in [0.1, 0.15) is 38.1 Å². The van der Waals surface area contributed by atoms with Gasteiger partial charge in [0.15, 0.2) is 11.5 Å². The summed E-state index contributed by atoms with van der Waals surface area (Å²) in [6.45, 7) is 9.34. The Morgan fingerprint density at radius 3 is 2.55 bits per heavy atom. The number of carbonyl (C=O) groups excluding carboxylic acids is 1. The molecule has 0 bridgehead atoms. The van der Waals surface area contributed by atoms with Crippen LogP contribution >= 0.6 is 0 Å². The van der Waals surface area contributed by atoms with Gasteiger partial charge in [-0.2, -0.15) is 0 Å². The molecule has 0 fully saturated rings. The molecule has 20 heavy (non-hydrogen) atoms. The fourth-order valence-electron chi connectivity index (χ4n) is 1.80. The van der Waals surface area contributed by atoms with Crippen LogP contribution in [0.5, 0.6) is 11.5 Å². The molecule has 0 saturated heterocycles. The van der Waals surface area contributed by atoms with Gasteiger partial charge in [-0.3, -0.25) is 4.79 Å². The van der Waals surface area contributed by atoms with E-state index in [1.165, 1.54) is 0 Å². The number of carbonyl (C=O) groups is 1. The SMILES string of the molecule is CC(CNC(=O)c1cc2c(cc1N)OCO2)C(C)(C)C. The third kappa shape index (κ3) is 2.98. The molecule has 1 aliphatic rings. The largest absolute Gasteiger partial charge is 0.454 e. The number of nitrogens with one attached hydrogen (secondary N) is 1. The van der Waals surface area contributed by atoms with Crippen molar-refractivity contribution in [1.29, 1.82) is 0 Å². The van der Waals surface area contributed by atoms with Crippen LogP contribution in [-0.2, 0) is 0 Å². The number of fused-ring (bicyclic) bond motifs is 1. The zero-order valence-corrected chi connectivity index (χ0v) is 12.4. The first-order chi connectivity index (χ1) is 9.29. The highest BCUT2D eigenvalue weighted by molar-refractivity contribution is 6.00. The third-order valence-corrected chi connectivity index (χ3v) is 3.84. The topological polar surface area (TPSA) is 73.6 Å². The average molecular weight is 278 g/mol. The Hall–Kier alpha value is -1.91. The van der Waals surface area contributed by atoms with E-state index in [0.717, 1.165) is 0 Å². The van der Waals surface area contributed by atoms with Crippen molar-refractivity contribution in [2.24, 2.45) is 11.3 Å². The van der Waals surface area contributed by atoms with Gasteiger partial charge in [-0.25, -0.2) is 0 Å². The van der Waals surface area contributed by atoms with Crippen molar-refractivity contribution < 1.29 is 14.3 Å². The van der Waals surface area contributed by atoms with Crippen LogP contribution < -0.4 is 20.5 Å². The molecule has 1 atom stereocenters. The molecule has 0 radical (unpaired) electrons. The van der Waals surface area contributed by atoms with Crippen molar-refractivity contribution in [2.45, 2.75) is 27.7 Å². The van der Waals surface area contributed by atoms with Crippen LogP contribution in [0.2, 0.25) is 0 Å². The smallest absolute Gasteiger partial charge is 0.253 e. The molecule has 5 heteroatoms. The molecule has 1 aliphatic heterocycles. The van der Waals surface area contributed by atoms with Crippen molar-refractivity contribution in [3.05, 3.63) is 17.7 Å². The minimum atomic E-state index is -0.183. The molecule has 0 saturated carbocycles. The molecule has 1 unspecified atom stereocenters. The molecule has 110 valence electrons. The van der Waals surface area contributed by atoms with E-state index in [1.54, 1.807) is 12.1 Å². The molecule has 0 aromatic heterocycles. The number of ether oxygens (including phenoxy) is 2. The quantitative estimate of drug-likeness (QED) is 0.833. The standard InChI is InChI=1S/C15H22N2O3/c1-9(15(2,3)4)7-17-14(18)10-5-12-13(6-11(10)16)20-8-19-12/h5-6,9H,7-8,16H2,1-4H3,(H,17,18). The van der Waals surface area contributed by atoms with Gasteiger partial charge in [0.25, 0.3) is 5.91 Å². The summed E-state index contributed by atoms with van der Waals surface area (Å²) in [6, 6.07) is 3.26. The predicted octanol–water partition coefficient (Wildman–Crippen LogP) is 2.41. The van der Waals surface area contributed by atoms with Crippen molar-refractivity contribution >= 4 is 11.6 Å². The van der Waals surface area contributed by atoms with Gasteiger partial charge in [-0.05, 0) is 17.4 Å². The molecule has 2 rings (SSSR count). The van der Waals surface area contributed by atoms with Gasteiger partial charge in [0, 0.05) is 18.3 Å². The van der Waals surface area contributed by atoms with E-state index >= 15 is 0 Å². The van der Waals surface area contributed by atoms with Gasteiger partial charge in [0.1, 0.15) is 0 Å². The summed E-state index contributed by atoms with van der Waals surface area (Å²) < 4.78 is 10.5. The number of hydrogen-bond acceptors (Lipinski definition) is 4. The van der Waals surface area contributed by atoms with Crippen molar-refractivity contribution in [2.75, 3.05) is 19.1 Å². The molecule has 1 heterocycles. The lowest BCUT2D eigenvalue weighted by Crippen LogP contribution is -2.34. The van der Waals surface area contributed by atoms with Crippen molar-refractivity contribution in [3.63, 3.8) is 0 Å². The van der Waals surface area contributed by atoms with E-state index in [0.29, 0.717) is 35.2 Å². The van der Waals surface area contributed by atoms with Gasteiger partial charge in [0.05, 0.1) is 5.56 Å². The van der Waals surface area contributed by atoms with E-state index in [-0.39, 0.29) is 18.1 Å². The summed E-state index contributed by atoms with van der Waals surface area (Å²) in [4.78, 5) is 12.2. The second-order valence-corrected chi connectivity index (χ2v) is 6.27. The summed E-state index contributed by atoms with van der Waals surface area (Å²) >= 11 is 0. The van der Waals surface area contributed by atoms with Gasteiger partial charge < -0.3 is 20.5 Å². The van der Waals surface area contributed by atoms with Gasteiger partial charge in [0.2, 0.25) is 6.79 Å². The first-order valence-electron chi connectivity index (χ1n) is 6.76. The van der Waals surface area contributed by atoms with Gasteiger partial charge >= 0.3 is 0 Å². The van der Waals surface area contributed by atoms with E-state index in [2.05, 4.69) is 33.0 Å². The Morgan fingerprint density at radius 1 is 1.35 bits per heavy atom. The predicted molar refractivity (Wildman–Crippen MR) is 77.9 cm³/mol. The molecule has 3 N–H and O–H groups in total. The highest BCUT2D eigenvalue weighted by Gasteiger charge is 2.23. The molecular weight excluding hydrogens is 256 g/mol. The molecule has 1 amide bonds. The summed E-state index contributed by atoms with van der Waals surface area (Å²) in [5.74, 6) is 1.33. The molecule has 5 nitrogen and oxygen atoms in total. The monoisotopic (exact) mass is 278 g/mol. The molecule has 0 spiro atoms. The van der Waals surface area contributed by atoms with E-state index in [4.69, 9.17) is 15.2 Å². The van der Waals surface area contributed by atoms with Crippen molar-refractivity contribution in [1.82, 2.24) is 5.32 Å². The third-order valence-electron chi connectivity index (χ3n) is 3.84. The maximum absolute atomic E-state index is 12.2. The van der Waals surface area contributed by atoms with Crippen LogP contribution in [0.3, 0.4) is 0 Å². The number of hydrogen-bond donors (Lipinski definition) is 2. The van der Waals surface area contributed by atoms with Gasteiger partial charge in [-0.15, -0.1) is 0 Å². The summed E-state index contributed by atoms with van der Waals surface area (Å²) in [5.41, 5.74) is 6.86. The number of amides is 1. The highest BCUT2D eigenvalue weighted by Crippen LogP contribution is 2.36. The zero-order chi connectivity index (χ0) is 14.9. The molecule has 0 aliphatic carbocycles. The maximum Gasteiger partial charge on any atom is 0.253 e. The minimum Gasteiger partial charge on any atom is -0.454 e. The number of anilines is 1. The summed E-state index contributed by atoms with van der Waals surface area (Å²) in [6.07, 6.45) is 0. The first-order valence-corrected chi connectivity index (χ1v) is 6.76.